The van der Waals surface area contributed by atoms with E-state index in [9.17, 15) is 18.0 Å². The minimum absolute atomic E-state index is 0.0214. The highest BCUT2D eigenvalue weighted by Crippen LogP contribution is 2.30. The topological polar surface area (TPSA) is 96.0 Å². The summed E-state index contributed by atoms with van der Waals surface area (Å²) in [5, 5.41) is 3.54. The number of hydrogen-bond acceptors (Lipinski definition) is 5. The minimum Gasteiger partial charge on any atom is -0.495 e. The Morgan fingerprint density at radius 2 is 1.62 bits per heavy atom. The number of ether oxygens (including phenoxy) is 1. The van der Waals surface area contributed by atoms with Crippen molar-refractivity contribution in [3.63, 3.8) is 0 Å². The zero-order valence-corrected chi connectivity index (χ0v) is 26.2. The predicted molar refractivity (Wildman–Crippen MR) is 168 cm³/mol. The maximum absolute atomic E-state index is 14.0. The van der Waals surface area contributed by atoms with Gasteiger partial charge in [-0.1, -0.05) is 79.2 Å². The van der Waals surface area contributed by atoms with Crippen molar-refractivity contribution in [3.05, 3.63) is 95.0 Å². The largest absolute Gasteiger partial charge is 0.495 e. The molecule has 3 aromatic carbocycles. The van der Waals surface area contributed by atoms with Gasteiger partial charge in [-0.15, -0.1) is 0 Å². The van der Waals surface area contributed by atoms with Gasteiger partial charge < -0.3 is 15.0 Å². The van der Waals surface area contributed by atoms with E-state index in [1.807, 2.05) is 62.4 Å². The van der Waals surface area contributed by atoms with Crippen LogP contribution in [0.4, 0.5) is 5.69 Å². The van der Waals surface area contributed by atoms with Crippen molar-refractivity contribution in [1.29, 1.82) is 0 Å². The van der Waals surface area contributed by atoms with E-state index in [0.717, 1.165) is 18.2 Å². The number of amides is 2. The molecule has 2 atom stereocenters. The molecule has 0 radical (unpaired) electrons. The van der Waals surface area contributed by atoms with Crippen LogP contribution in [0.1, 0.15) is 44.2 Å². The van der Waals surface area contributed by atoms with E-state index in [1.54, 1.807) is 35.2 Å². The van der Waals surface area contributed by atoms with Crippen LogP contribution in [0.5, 0.6) is 5.75 Å². The van der Waals surface area contributed by atoms with E-state index in [2.05, 4.69) is 5.32 Å². The molecule has 1 N–H and O–H groups in total. The molecule has 226 valence electrons. The first-order valence-electron chi connectivity index (χ1n) is 14.0. The fourth-order valence-corrected chi connectivity index (χ4v) is 5.79. The van der Waals surface area contributed by atoms with Crippen molar-refractivity contribution in [2.24, 2.45) is 0 Å². The number of methoxy groups -OCH3 is 1. The predicted octanol–water partition coefficient (Wildman–Crippen LogP) is 5.45. The van der Waals surface area contributed by atoms with Crippen LogP contribution in [0.2, 0.25) is 5.02 Å². The van der Waals surface area contributed by atoms with Crippen LogP contribution in [0.25, 0.3) is 0 Å². The third kappa shape index (κ3) is 9.22. The van der Waals surface area contributed by atoms with Crippen LogP contribution in [0.15, 0.2) is 78.9 Å². The SMILES string of the molecule is CCC(C)NC(=O)C(Cc1ccccc1)N(Cc1ccccc1Cl)C(=O)CCCN(c1ccccc1OC)S(C)(=O)=O. The number of nitrogens with one attached hydrogen (secondary N) is 1. The quantitative estimate of drug-likeness (QED) is 0.246. The van der Waals surface area contributed by atoms with Crippen LogP contribution >= 0.6 is 11.6 Å². The zero-order chi connectivity index (χ0) is 30.7. The molecule has 2 amide bonds. The van der Waals surface area contributed by atoms with E-state index < -0.39 is 16.1 Å². The number of halogens is 1. The van der Waals surface area contributed by atoms with Crippen molar-refractivity contribution in [1.82, 2.24) is 10.2 Å². The lowest BCUT2D eigenvalue weighted by Crippen LogP contribution is -2.52. The van der Waals surface area contributed by atoms with Gasteiger partial charge in [0.2, 0.25) is 21.8 Å². The van der Waals surface area contributed by atoms with Gasteiger partial charge in [-0.05, 0) is 49.1 Å². The number of rotatable bonds is 15. The van der Waals surface area contributed by atoms with Crippen molar-refractivity contribution in [2.45, 2.75) is 58.2 Å². The molecule has 0 bridgehead atoms. The molecule has 0 aliphatic carbocycles. The number of hydrogen-bond donors (Lipinski definition) is 1. The molecule has 0 aromatic heterocycles. The number of sulfonamides is 1. The first-order valence-corrected chi connectivity index (χ1v) is 16.3. The average Bonchev–Trinajstić information content (AvgIpc) is 2.97. The molecule has 42 heavy (non-hydrogen) atoms. The summed E-state index contributed by atoms with van der Waals surface area (Å²) in [5.74, 6) is -0.108. The highest BCUT2D eigenvalue weighted by molar-refractivity contribution is 7.92. The van der Waals surface area contributed by atoms with Gasteiger partial charge in [0.15, 0.2) is 0 Å². The van der Waals surface area contributed by atoms with Crippen LogP contribution in [0.3, 0.4) is 0 Å². The first kappa shape index (κ1) is 32.9. The van der Waals surface area contributed by atoms with Gasteiger partial charge in [0.1, 0.15) is 11.8 Å². The van der Waals surface area contributed by atoms with Gasteiger partial charge in [0.05, 0.1) is 19.1 Å². The zero-order valence-electron chi connectivity index (χ0n) is 24.6. The van der Waals surface area contributed by atoms with Gasteiger partial charge >= 0.3 is 0 Å². The monoisotopic (exact) mass is 613 g/mol. The molecule has 2 unspecified atom stereocenters. The lowest BCUT2D eigenvalue weighted by Gasteiger charge is -2.33. The molecule has 0 aliphatic rings. The number of nitrogens with zero attached hydrogens (tertiary/aromatic N) is 2. The lowest BCUT2D eigenvalue weighted by molar-refractivity contribution is -0.141. The second-order valence-corrected chi connectivity index (χ2v) is 12.6. The Balaban J connectivity index is 1.91. The van der Waals surface area contributed by atoms with E-state index in [1.165, 1.54) is 11.4 Å². The lowest BCUT2D eigenvalue weighted by atomic mass is 10.0. The second-order valence-electron chi connectivity index (χ2n) is 10.2. The van der Waals surface area contributed by atoms with Crippen LogP contribution < -0.4 is 14.4 Å². The third-order valence-corrected chi connectivity index (χ3v) is 8.63. The normalized spacial score (nSPS) is 12.7. The Labute approximate surface area is 254 Å². The van der Waals surface area contributed by atoms with Crippen molar-refractivity contribution < 1.29 is 22.7 Å². The molecule has 3 rings (SSSR count). The molecule has 8 nitrogen and oxygen atoms in total. The molecule has 10 heteroatoms. The molecule has 0 spiro atoms. The summed E-state index contributed by atoms with van der Waals surface area (Å²) >= 11 is 6.49. The number of anilines is 1. The molecular weight excluding hydrogens is 574 g/mol. The van der Waals surface area contributed by atoms with Crippen LogP contribution in [-0.4, -0.2) is 57.1 Å². The summed E-state index contributed by atoms with van der Waals surface area (Å²) in [4.78, 5) is 29.2. The molecule has 0 heterocycles. The summed E-state index contributed by atoms with van der Waals surface area (Å²) in [6, 6.07) is 22.8. The van der Waals surface area contributed by atoms with Crippen molar-refractivity contribution in [3.8, 4) is 5.75 Å². The summed E-state index contributed by atoms with van der Waals surface area (Å²) in [5.41, 5.74) is 2.03. The molecule has 0 fully saturated rings. The summed E-state index contributed by atoms with van der Waals surface area (Å²) in [6.07, 6.45) is 2.43. The first-order chi connectivity index (χ1) is 20.0. The summed E-state index contributed by atoms with van der Waals surface area (Å²) < 4.78 is 32.1. The van der Waals surface area contributed by atoms with Crippen molar-refractivity contribution in [2.75, 3.05) is 24.2 Å². The van der Waals surface area contributed by atoms with Gasteiger partial charge in [0.25, 0.3) is 0 Å². The van der Waals surface area contributed by atoms with Crippen molar-refractivity contribution >= 4 is 39.1 Å². The van der Waals surface area contributed by atoms with E-state index in [4.69, 9.17) is 16.3 Å². The van der Waals surface area contributed by atoms with Gasteiger partial charge in [-0.25, -0.2) is 8.42 Å². The number of benzene rings is 3. The number of carbonyl (C=O) groups is 2. The van der Waals surface area contributed by atoms with E-state index in [-0.39, 0.29) is 43.8 Å². The third-order valence-electron chi connectivity index (χ3n) is 7.08. The molecular formula is C32H40ClN3O5S. The van der Waals surface area contributed by atoms with E-state index >= 15 is 0 Å². The van der Waals surface area contributed by atoms with Gasteiger partial charge in [-0.2, -0.15) is 0 Å². The highest BCUT2D eigenvalue weighted by atomic mass is 35.5. The smallest absolute Gasteiger partial charge is 0.243 e. The van der Waals surface area contributed by atoms with Gasteiger partial charge in [-0.3, -0.25) is 13.9 Å². The number of carbonyl (C=O) groups excluding carboxylic acids is 2. The van der Waals surface area contributed by atoms with Crippen LogP contribution in [0, 0.1) is 0 Å². The Kier molecular flexibility index (Phi) is 12.2. The highest BCUT2D eigenvalue weighted by Gasteiger charge is 2.31. The molecule has 3 aromatic rings. The Morgan fingerprint density at radius 1 is 0.976 bits per heavy atom. The fourth-order valence-electron chi connectivity index (χ4n) is 4.62. The Hall–Kier alpha value is -3.56. The average molecular weight is 614 g/mol. The summed E-state index contributed by atoms with van der Waals surface area (Å²) in [6.45, 7) is 4.11. The Morgan fingerprint density at radius 3 is 2.26 bits per heavy atom. The van der Waals surface area contributed by atoms with Crippen LogP contribution in [-0.2, 0) is 32.6 Å². The molecule has 0 aliphatic heterocycles. The van der Waals surface area contributed by atoms with Gasteiger partial charge in [0, 0.05) is 37.0 Å². The molecule has 0 saturated carbocycles. The fraction of sp³-hybridized carbons (Fsp3) is 0.375. The van der Waals surface area contributed by atoms with E-state index in [0.29, 0.717) is 28.4 Å². The maximum Gasteiger partial charge on any atom is 0.243 e. The second kappa shape index (κ2) is 15.6. The maximum atomic E-state index is 14.0. The Bertz CT molecular complexity index is 1430. The summed E-state index contributed by atoms with van der Waals surface area (Å²) in [7, 11) is -2.18. The minimum atomic E-state index is -3.66. The standard InChI is InChI=1S/C32H40ClN3O5S/c1-5-24(2)34-32(38)29(22-25-14-7-6-8-15-25)35(23-26-16-9-10-17-27(26)33)31(37)20-13-21-36(42(4,39)40)28-18-11-12-19-30(28)41-3/h6-12,14-19,24,29H,5,13,20-23H2,1-4H3,(H,34,38). The number of para-hydroxylation sites is 2. The molecule has 0 saturated heterocycles.